The van der Waals surface area contributed by atoms with E-state index in [1.54, 1.807) is 6.92 Å². The molecule has 3 rings (SSSR count). The van der Waals surface area contributed by atoms with Gasteiger partial charge in [-0.05, 0) is 18.6 Å². The summed E-state index contributed by atoms with van der Waals surface area (Å²) in [6, 6.07) is 7.94. The maximum atomic E-state index is 11.8. The van der Waals surface area contributed by atoms with Crippen molar-refractivity contribution in [1.82, 2.24) is 10.2 Å². The Hall–Kier alpha value is -2.57. The summed E-state index contributed by atoms with van der Waals surface area (Å²) in [5.41, 5.74) is 2.09. The fraction of sp³-hybridized carbons (Fsp3) is 0.438. The Bertz CT molecular complexity index is 644. The number of para-hydroxylation sites is 1. The lowest BCUT2D eigenvalue weighted by atomic mass is 10.1. The van der Waals surface area contributed by atoms with Crippen LogP contribution in [0, 0.1) is 0 Å². The smallest absolute Gasteiger partial charge is 0.408 e. The summed E-state index contributed by atoms with van der Waals surface area (Å²) in [5, 5.41) is 2.40. The summed E-state index contributed by atoms with van der Waals surface area (Å²) in [6.07, 6.45) is -0.323. The standard InChI is InChI=1S/C16H19N3O4/c1-2-22-14(20)9-17-16(21)23-13-7-8-19-10-11-5-3-4-6-12(11)18-15(13)19/h3-6,13H,2,7-10H2,1H3,(H,17,21)/t13-/m0/s1. The Morgan fingerprint density at radius 2 is 2.22 bits per heavy atom. The van der Waals surface area contributed by atoms with Crippen LogP contribution in [0.4, 0.5) is 10.5 Å². The van der Waals surface area contributed by atoms with Gasteiger partial charge >= 0.3 is 12.1 Å². The summed E-state index contributed by atoms with van der Waals surface area (Å²) >= 11 is 0. The summed E-state index contributed by atoms with van der Waals surface area (Å²) in [6.45, 7) is 3.37. The molecule has 0 saturated carbocycles. The van der Waals surface area contributed by atoms with Crippen molar-refractivity contribution in [2.24, 2.45) is 4.99 Å². The van der Waals surface area contributed by atoms with Crippen LogP contribution in [0.1, 0.15) is 18.9 Å². The van der Waals surface area contributed by atoms with E-state index < -0.39 is 12.1 Å². The number of carbonyl (C=O) groups is 2. The highest BCUT2D eigenvalue weighted by molar-refractivity contribution is 5.93. The lowest BCUT2D eigenvalue weighted by Gasteiger charge is -2.26. The molecule has 23 heavy (non-hydrogen) atoms. The van der Waals surface area contributed by atoms with Crippen LogP contribution in [0.5, 0.6) is 0 Å². The quantitative estimate of drug-likeness (QED) is 0.853. The molecule has 0 aliphatic carbocycles. The molecular weight excluding hydrogens is 298 g/mol. The van der Waals surface area contributed by atoms with Gasteiger partial charge in [0.05, 0.1) is 12.3 Å². The highest BCUT2D eigenvalue weighted by atomic mass is 16.6. The maximum Gasteiger partial charge on any atom is 0.408 e. The molecule has 1 atom stereocenters. The third kappa shape index (κ3) is 3.44. The fourth-order valence-corrected chi connectivity index (χ4v) is 2.74. The van der Waals surface area contributed by atoms with E-state index in [9.17, 15) is 9.59 Å². The van der Waals surface area contributed by atoms with Gasteiger partial charge < -0.3 is 19.7 Å². The first-order valence-electron chi connectivity index (χ1n) is 7.69. The minimum absolute atomic E-state index is 0.196. The monoisotopic (exact) mass is 317 g/mol. The molecule has 0 aromatic heterocycles. The number of hydrogen-bond acceptors (Lipinski definition) is 6. The van der Waals surface area contributed by atoms with E-state index in [0.29, 0.717) is 6.42 Å². The van der Waals surface area contributed by atoms with Gasteiger partial charge in [-0.15, -0.1) is 0 Å². The highest BCUT2D eigenvalue weighted by Gasteiger charge is 2.35. The zero-order valence-corrected chi connectivity index (χ0v) is 12.9. The Labute approximate surface area is 134 Å². The first-order valence-corrected chi connectivity index (χ1v) is 7.69. The van der Waals surface area contributed by atoms with Gasteiger partial charge in [-0.2, -0.15) is 0 Å². The lowest BCUT2D eigenvalue weighted by Crippen LogP contribution is -2.38. The van der Waals surface area contributed by atoms with E-state index in [2.05, 4.69) is 21.3 Å². The number of fused-ring (bicyclic) bond motifs is 2. The fourth-order valence-electron chi connectivity index (χ4n) is 2.74. The number of nitrogens with one attached hydrogen (secondary N) is 1. The van der Waals surface area contributed by atoms with Crippen LogP contribution in [0.25, 0.3) is 0 Å². The number of ether oxygens (including phenoxy) is 2. The number of amides is 1. The van der Waals surface area contributed by atoms with E-state index in [-0.39, 0.29) is 19.3 Å². The molecule has 1 aromatic rings. The van der Waals surface area contributed by atoms with E-state index >= 15 is 0 Å². The molecule has 0 spiro atoms. The van der Waals surface area contributed by atoms with Crippen LogP contribution in [0.15, 0.2) is 29.3 Å². The number of alkyl carbamates (subject to hydrolysis) is 1. The van der Waals surface area contributed by atoms with E-state index in [1.165, 1.54) is 5.56 Å². The lowest BCUT2D eigenvalue weighted by molar-refractivity contribution is -0.141. The number of aliphatic imine (C=N–C) groups is 1. The molecule has 1 N–H and O–H groups in total. The van der Waals surface area contributed by atoms with Crippen molar-refractivity contribution in [3.05, 3.63) is 29.8 Å². The predicted octanol–water partition coefficient (Wildman–Crippen LogP) is 1.59. The van der Waals surface area contributed by atoms with Crippen molar-refractivity contribution in [1.29, 1.82) is 0 Å². The van der Waals surface area contributed by atoms with E-state index in [4.69, 9.17) is 9.47 Å². The zero-order valence-electron chi connectivity index (χ0n) is 12.9. The highest BCUT2D eigenvalue weighted by Crippen LogP contribution is 2.30. The summed E-state index contributed by atoms with van der Waals surface area (Å²) in [7, 11) is 0. The Morgan fingerprint density at radius 1 is 1.39 bits per heavy atom. The van der Waals surface area contributed by atoms with Crippen LogP contribution < -0.4 is 5.32 Å². The zero-order chi connectivity index (χ0) is 16.2. The molecule has 0 bridgehead atoms. The molecule has 7 heteroatoms. The average Bonchev–Trinajstić information content (AvgIpc) is 2.93. The van der Waals surface area contributed by atoms with Crippen LogP contribution in [0.3, 0.4) is 0 Å². The number of nitrogens with zero attached hydrogens (tertiary/aromatic N) is 2. The molecule has 1 amide bonds. The number of rotatable bonds is 4. The third-order valence-corrected chi connectivity index (χ3v) is 3.79. The van der Waals surface area contributed by atoms with Gasteiger partial charge in [-0.25, -0.2) is 9.79 Å². The minimum atomic E-state index is -0.633. The van der Waals surface area contributed by atoms with Crippen LogP contribution >= 0.6 is 0 Å². The second-order valence-electron chi connectivity index (χ2n) is 5.36. The molecule has 1 fully saturated rings. The van der Waals surface area contributed by atoms with Crippen molar-refractivity contribution in [2.75, 3.05) is 19.7 Å². The van der Waals surface area contributed by atoms with E-state index in [0.717, 1.165) is 24.6 Å². The molecule has 2 heterocycles. The minimum Gasteiger partial charge on any atom is -0.465 e. The largest absolute Gasteiger partial charge is 0.465 e. The molecule has 1 saturated heterocycles. The normalized spacial score (nSPS) is 18.6. The Kier molecular flexibility index (Phi) is 4.45. The van der Waals surface area contributed by atoms with Crippen molar-refractivity contribution in [3.8, 4) is 0 Å². The second-order valence-corrected chi connectivity index (χ2v) is 5.36. The van der Waals surface area contributed by atoms with Gasteiger partial charge in [0.1, 0.15) is 12.4 Å². The van der Waals surface area contributed by atoms with E-state index in [1.807, 2.05) is 18.2 Å². The number of carbonyl (C=O) groups excluding carboxylic acids is 2. The average molecular weight is 317 g/mol. The SMILES string of the molecule is CCOC(=O)CNC(=O)O[C@H]1CCN2Cc3ccccc3N=C12. The molecular formula is C16H19N3O4. The number of hydrogen-bond donors (Lipinski definition) is 1. The van der Waals surface area contributed by atoms with Crippen molar-refractivity contribution >= 4 is 23.6 Å². The van der Waals surface area contributed by atoms with Crippen molar-refractivity contribution in [3.63, 3.8) is 0 Å². The summed E-state index contributed by atoms with van der Waals surface area (Å²) < 4.78 is 10.1. The molecule has 122 valence electrons. The molecule has 2 aliphatic heterocycles. The number of benzene rings is 1. The first-order chi connectivity index (χ1) is 11.2. The Balaban J connectivity index is 1.60. The third-order valence-electron chi connectivity index (χ3n) is 3.79. The molecule has 7 nitrogen and oxygen atoms in total. The first kappa shape index (κ1) is 15.3. The van der Waals surface area contributed by atoms with Gasteiger partial charge in [0.2, 0.25) is 0 Å². The van der Waals surface area contributed by atoms with Gasteiger partial charge in [0.25, 0.3) is 0 Å². The van der Waals surface area contributed by atoms with Crippen molar-refractivity contribution < 1.29 is 19.1 Å². The van der Waals surface area contributed by atoms with Crippen LogP contribution in [-0.4, -0.2) is 48.6 Å². The van der Waals surface area contributed by atoms with Crippen molar-refractivity contribution in [2.45, 2.75) is 26.0 Å². The summed E-state index contributed by atoms with van der Waals surface area (Å²) in [5.74, 6) is 0.288. The molecule has 1 aromatic carbocycles. The Morgan fingerprint density at radius 3 is 3.04 bits per heavy atom. The van der Waals surface area contributed by atoms with Crippen LogP contribution in [0.2, 0.25) is 0 Å². The molecule has 0 unspecified atom stereocenters. The maximum absolute atomic E-state index is 11.8. The molecule has 0 radical (unpaired) electrons. The van der Waals surface area contributed by atoms with Gasteiger partial charge in [0, 0.05) is 19.5 Å². The van der Waals surface area contributed by atoms with Gasteiger partial charge in [-0.1, -0.05) is 18.2 Å². The predicted molar refractivity (Wildman–Crippen MR) is 83.5 cm³/mol. The van der Waals surface area contributed by atoms with Gasteiger partial charge in [-0.3, -0.25) is 4.79 Å². The second kappa shape index (κ2) is 6.68. The van der Waals surface area contributed by atoms with Crippen LogP contribution in [-0.2, 0) is 20.8 Å². The number of amidine groups is 1. The number of esters is 1. The topological polar surface area (TPSA) is 80.2 Å². The molecule has 2 aliphatic rings. The van der Waals surface area contributed by atoms with Gasteiger partial charge in [0.15, 0.2) is 6.10 Å². The summed E-state index contributed by atoms with van der Waals surface area (Å²) in [4.78, 5) is 29.8.